The third kappa shape index (κ3) is 5.39. The van der Waals surface area contributed by atoms with Gasteiger partial charge in [0.2, 0.25) is 0 Å². The number of likely N-dealkylation sites (tertiary alicyclic amines) is 1. The van der Waals surface area contributed by atoms with Crippen molar-refractivity contribution in [3.63, 3.8) is 0 Å². The zero-order valence-corrected chi connectivity index (χ0v) is 11.7. The van der Waals surface area contributed by atoms with E-state index >= 15 is 0 Å². The van der Waals surface area contributed by atoms with E-state index in [1.54, 1.807) is 0 Å². The topological polar surface area (TPSA) is 41.6 Å². The molecule has 0 aromatic carbocycles. The quantitative estimate of drug-likeness (QED) is 0.807. The number of hydrogen-bond donors (Lipinski definition) is 1. The van der Waals surface area contributed by atoms with Crippen LogP contribution in [0.1, 0.15) is 40.5 Å². The van der Waals surface area contributed by atoms with Gasteiger partial charge >= 0.3 is 6.09 Å². The van der Waals surface area contributed by atoms with Crippen molar-refractivity contribution in [1.82, 2.24) is 10.2 Å². The zero-order valence-electron chi connectivity index (χ0n) is 11.7. The van der Waals surface area contributed by atoms with Gasteiger partial charge in [0.05, 0.1) is 0 Å². The van der Waals surface area contributed by atoms with Crippen LogP contribution in [-0.4, -0.2) is 42.8 Å². The van der Waals surface area contributed by atoms with Crippen molar-refractivity contribution in [1.29, 1.82) is 0 Å². The average molecular weight is 242 g/mol. The molecule has 100 valence electrons. The first-order chi connectivity index (χ1) is 7.78. The molecule has 0 saturated carbocycles. The Morgan fingerprint density at radius 3 is 2.35 bits per heavy atom. The van der Waals surface area contributed by atoms with E-state index < -0.39 is 5.60 Å². The van der Waals surface area contributed by atoms with E-state index in [0.29, 0.717) is 5.92 Å². The molecule has 0 spiro atoms. The fourth-order valence-electron chi connectivity index (χ4n) is 2.14. The van der Waals surface area contributed by atoms with Crippen LogP contribution >= 0.6 is 0 Å². The van der Waals surface area contributed by atoms with Gasteiger partial charge in [-0.1, -0.05) is 0 Å². The van der Waals surface area contributed by atoms with Crippen LogP contribution in [-0.2, 0) is 4.74 Å². The first-order valence-corrected chi connectivity index (χ1v) is 6.46. The zero-order chi connectivity index (χ0) is 13.1. The van der Waals surface area contributed by atoms with Gasteiger partial charge in [-0.2, -0.15) is 0 Å². The van der Waals surface area contributed by atoms with Crippen LogP contribution in [0.5, 0.6) is 0 Å². The van der Waals surface area contributed by atoms with Gasteiger partial charge < -0.3 is 15.0 Å². The van der Waals surface area contributed by atoms with E-state index in [9.17, 15) is 4.79 Å². The first kappa shape index (κ1) is 14.3. The minimum absolute atomic E-state index is 0.193. The molecule has 1 heterocycles. The molecule has 0 radical (unpaired) electrons. The van der Waals surface area contributed by atoms with Crippen LogP contribution in [0.2, 0.25) is 0 Å². The van der Waals surface area contributed by atoms with Gasteiger partial charge in [-0.3, -0.25) is 0 Å². The van der Waals surface area contributed by atoms with Crippen molar-refractivity contribution in [3.05, 3.63) is 0 Å². The van der Waals surface area contributed by atoms with Gasteiger partial charge in [0.1, 0.15) is 5.60 Å². The van der Waals surface area contributed by atoms with Crippen molar-refractivity contribution in [2.75, 3.05) is 20.1 Å². The molecule has 17 heavy (non-hydrogen) atoms. The Hall–Kier alpha value is -0.770. The Morgan fingerprint density at radius 1 is 1.35 bits per heavy atom. The van der Waals surface area contributed by atoms with Crippen LogP contribution in [0.25, 0.3) is 0 Å². The van der Waals surface area contributed by atoms with Crippen molar-refractivity contribution < 1.29 is 9.53 Å². The predicted molar refractivity (Wildman–Crippen MR) is 69.1 cm³/mol. The molecule has 0 bridgehead atoms. The standard InChI is InChI=1S/C13H26N2O2/c1-10(11-6-8-15(5)9-7-11)14-12(16)17-13(2,3)4/h10-11H,6-9H2,1-5H3,(H,14,16). The highest BCUT2D eigenvalue weighted by atomic mass is 16.6. The summed E-state index contributed by atoms with van der Waals surface area (Å²) in [6, 6.07) is 0.193. The third-order valence-corrected chi connectivity index (χ3v) is 3.21. The summed E-state index contributed by atoms with van der Waals surface area (Å²) in [5, 5.41) is 2.94. The molecule has 1 unspecified atom stereocenters. The predicted octanol–water partition coefficient (Wildman–Crippen LogP) is 2.24. The minimum Gasteiger partial charge on any atom is -0.444 e. The van der Waals surface area contributed by atoms with Crippen LogP contribution in [0, 0.1) is 5.92 Å². The third-order valence-electron chi connectivity index (χ3n) is 3.21. The number of carbonyl (C=O) groups is 1. The number of piperidine rings is 1. The lowest BCUT2D eigenvalue weighted by Crippen LogP contribution is -2.44. The molecule has 1 amide bonds. The van der Waals surface area contributed by atoms with Gasteiger partial charge in [0.15, 0.2) is 0 Å². The van der Waals surface area contributed by atoms with Crippen LogP contribution in [0.4, 0.5) is 4.79 Å². The van der Waals surface area contributed by atoms with E-state index in [4.69, 9.17) is 4.74 Å². The molecule has 1 aliphatic heterocycles. The van der Waals surface area contributed by atoms with Crippen molar-refractivity contribution in [2.24, 2.45) is 5.92 Å². The number of ether oxygens (including phenoxy) is 1. The highest BCUT2D eigenvalue weighted by molar-refractivity contribution is 5.68. The second kappa shape index (κ2) is 5.71. The number of nitrogens with zero attached hydrogens (tertiary/aromatic N) is 1. The lowest BCUT2D eigenvalue weighted by atomic mass is 9.91. The molecule has 4 nitrogen and oxygen atoms in total. The second-order valence-corrected chi connectivity index (χ2v) is 6.08. The Balaban J connectivity index is 2.33. The van der Waals surface area contributed by atoms with Crippen molar-refractivity contribution in [2.45, 2.75) is 52.2 Å². The lowest BCUT2D eigenvalue weighted by Gasteiger charge is -2.33. The molecule has 4 heteroatoms. The van der Waals surface area contributed by atoms with E-state index in [1.807, 2.05) is 20.8 Å². The summed E-state index contributed by atoms with van der Waals surface area (Å²) in [5.74, 6) is 0.568. The Morgan fingerprint density at radius 2 is 1.88 bits per heavy atom. The van der Waals surface area contributed by atoms with E-state index in [-0.39, 0.29) is 12.1 Å². The molecule has 1 N–H and O–H groups in total. The highest BCUT2D eigenvalue weighted by Crippen LogP contribution is 2.20. The summed E-state index contributed by atoms with van der Waals surface area (Å²) in [7, 11) is 2.14. The summed E-state index contributed by atoms with van der Waals surface area (Å²) in [5.41, 5.74) is -0.420. The molecule has 0 aliphatic carbocycles. The number of hydrogen-bond acceptors (Lipinski definition) is 3. The van der Waals surface area contributed by atoms with Gasteiger partial charge in [0.25, 0.3) is 0 Å². The van der Waals surface area contributed by atoms with E-state index in [2.05, 4.69) is 24.2 Å². The molecule has 1 atom stereocenters. The van der Waals surface area contributed by atoms with Gasteiger partial charge in [-0.05, 0) is 66.6 Å². The fourth-order valence-corrected chi connectivity index (χ4v) is 2.14. The lowest BCUT2D eigenvalue weighted by molar-refractivity contribution is 0.0477. The smallest absolute Gasteiger partial charge is 0.407 e. The van der Waals surface area contributed by atoms with Gasteiger partial charge in [-0.15, -0.1) is 0 Å². The first-order valence-electron chi connectivity index (χ1n) is 6.46. The number of nitrogens with one attached hydrogen (secondary N) is 1. The Labute approximate surface area is 105 Å². The normalized spacial score (nSPS) is 21.0. The largest absolute Gasteiger partial charge is 0.444 e. The van der Waals surface area contributed by atoms with E-state index in [0.717, 1.165) is 25.9 Å². The number of carbonyl (C=O) groups excluding carboxylic acids is 1. The van der Waals surface area contributed by atoms with E-state index in [1.165, 1.54) is 0 Å². The minimum atomic E-state index is -0.420. The molecule has 0 aromatic rings. The summed E-state index contributed by atoms with van der Waals surface area (Å²) in [6.07, 6.45) is 1.99. The average Bonchev–Trinajstić information content (AvgIpc) is 2.15. The van der Waals surface area contributed by atoms with Crippen LogP contribution < -0.4 is 5.32 Å². The Bertz CT molecular complexity index is 253. The number of amides is 1. The summed E-state index contributed by atoms with van der Waals surface area (Å²) < 4.78 is 5.26. The summed E-state index contributed by atoms with van der Waals surface area (Å²) in [4.78, 5) is 14.0. The summed E-state index contributed by atoms with van der Waals surface area (Å²) >= 11 is 0. The maximum atomic E-state index is 11.6. The molecule has 1 aliphatic rings. The number of alkyl carbamates (subject to hydrolysis) is 1. The van der Waals surface area contributed by atoms with Crippen molar-refractivity contribution >= 4 is 6.09 Å². The maximum absolute atomic E-state index is 11.6. The molecule has 1 rings (SSSR count). The molecular weight excluding hydrogens is 216 g/mol. The monoisotopic (exact) mass is 242 g/mol. The van der Waals surface area contributed by atoms with Crippen molar-refractivity contribution in [3.8, 4) is 0 Å². The van der Waals surface area contributed by atoms with Crippen LogP contribution in [0.15, 0.2) is 0 Å². The fraction of sp³-hybridized carbons (Fsp3) is 0.923. The van der Waals surface area contributed by atoms with Gasteiger partial charge in [0, 0.05) is 6.04 Å². The highest BCUT2D eigenvalue weighted by Gasteiger charge is 2.25. The van der Waals surface area contributed by atoms with Gasteiger partial charge in [-0.25, -0.2) is 4.79 Å². The summed E-state index contributed by atoms with van der Waals surface area (Å²) in [6.45, 7) is 9.95. The molecular formula is C13H26N2O2. The molecule has 1 fully saturated rings. The Kier molecular flexibility index (Phi) is 4.80. The number of rotatable bonds is 2. The second-order valence-electron chi connectivity index (χ2n) is 6.08. The molecule has 1 saturated heterocycles. The molecule has 0 aromatic heterocycles. The maximum Gasteiger partial charge on any atom is 0.407 e. The van der Waals surface area contributed by atoms with Crippen LogP contribution in [0.3, 0.4) is 0 Å². The SMILES string of the molecule is CC(NC(=O)OC(C)(C)C)C1CCN(C)CC1.